The van der Waals surface area contributed by atoms with Crippen LogP contribution in [0, 0.1) is 0 Å². The fraction of sp³-hybridized carbons (Fsp3) is 0.524. The normalized spacial score (nSPS) is 22.2. The van der Waals surface area contributed by atoms with Crippen LogP contribution >= 0.6 is 23.1 Å². The molecule has 1 aromatic carbocycles. The summed E-state index contributed by atoms with van der Waals surface area (Å²) in [7, 11) is 2.24. The van der Waals surface area contributed by atoms with Gasteiger partial charge in [0.15, 0.2) is 11.5 Å². The summed E-state index contributed by atoms with van der Waals surface area (Å²) in [5.41, 5.74) is 3.32. The molecule has 1 atom stereocenters. The molecule has 0 spiro atoms. The van der Waals surface area contributed by atoms with Crippen molar-refractivity contribution in [2.24, 2.45) is 0 Å². The zero-order chi connectivity index (χ0) is 20.4. The molecule has 0 radical (unpaired) electrons. The van der Waals surface area contributed by atoms with E-state index in [0.717, 1.165) is 65.3 Å². The van der Waals surface area contributed by atoms with Crippen molar-refractivity contribution in [3.63, 3.8) is 0 Å². The fourth-order valence-electron chi connectivity index (χ4n) is 4.42. The van der Waals surface area contributed by atoms with Crippen molar-refractivity contribution in [2.75, 3.05) is 40.0 Å². The third-order valence-corrected chi connectivity index (χ3v) is 7.04. The molecular formula is C21H28ClN4O2S+. The van der Waals surface area contributed by atoms with Crippen LogP contribution in [-0.4, -0.2) is 65.4 Å². The average molecular weight is 436 g/mol. The molecular weight excluding hydrogens is 408 g/mol. The van der Waals surface area contributed by atoms with E-state index in [4.69, 9.17) is 21.3 Å². The Kier molecular flexibility index (Phi) is 6.34. The van der Waals surface area contributed by atoms with Crippen LogP contribution in [0.2, 0.25) is 5.02 Å². The number of ether oxygens (including phenoxy) is 1. The number of hydrogen-bond donors (Lipinski definition) is 1. The van der Waals surface area contributed by atoms with Crippen molar-refractivity contribution >= 4 is 34.4 Å². The minimum atomic E-state index is 0.150. The third kappa shape index (κ3) is 4.00. The smallest absolute Gasteiger partial charge is 0.179 e. The van der Waals surface area contributed by atoms with Gasteiger partial charge in [-0.15, -0.1) is 0 Å². The van der Waals surface area contributed by atoms with E-state index in [2.05, 4.69) is 35.5 Å². The van der Waals surface area contributed by atoms with Gasteiger partial charge in [-0.3, -0.25) is 9.38 Å². The maximum absolute atomic E-state index is 9.23. The van der Waals surface area contributed by atoms with Gasteiger partial charge in [0.25, 0.3) is 0 Å². The predicted octanol–water partition coefficient (Wildman–Crippen LogP) is 3.52. The molecule has 156 valence electrons. The first-order valence-electron chi connectivity index (χ1n) is 10.2. The van der Waals surface area contributed by atoms with Gasteiger partial charge in [0.2, 0.25) is 0 Å². The van der Waals surface area contributed by atoms with Crippen LogP contribution < -0.4 is 4.48 Å². The molecule has 3 heterocycles. The van der Waals surface area contributed by atoms with Crippen LogP contribution in [0.25, 0.3) is 5.57 Å². The molecule has 29 heavy (non-hydrogen) atoms. The Morgan fingerprint density at radius 2 is 2.14 bits per heavy atom. The Hall–Kier alpha value is -1.35. The van der Waals surface area contributed by atoms with Crippen LogP contribution in [0.15, 0.2) is 24.4 Å². The lowest BCUT2D eigenvalue weighted by Crippen LogP contribution is -2.50. The molecule has 2 aliphatic heterocycles. The number of rotatable bonds is 7. The minimum absolute atomic E-state index is 0.150. The molecule has 6 nitrogen and oxygen atoms in total. The molecule has 2 aliphatic rings. The molecule has 0 amide bonds. The van der Waals surface area contributed by atoms with Crippen molar-refractivity contribution in [1.29, 1.82) is 0 Å². The van der Waals surface area contributed by atoms with Crippen molar-refractivity contribution in [3.05, 3.63) is 45.8 Å². The van der Waals surface area contributed by atoms with Crippen LogP contribution in [-0.2, 0) is 11.3 Å². The molecule has 0 aliphatic carbocycles. The van der Waals surface area contributed by atoms with Gasteiger partial charge in [-0.2, -0.15) is 4.37 Å². The second-order valence-electron chi connectivity index (χ2n) is 7.77. The second-order valence-corrected chi connectivity index (χ2v) is 9.02. The zero-order valence-corrected chi connectivity index (χ0v) is 18.5. The Balaban J connectivity index is 1.69. The van der Waals surface area contributed by atoms with E-state index in [9.17, 15) is 5.11 Å². The van der Waals surface area contributed by atoms with E-state index >= 15 is 0 Å². The van der Waals surface area contributed by atoms with E-state index in [1.54, 1.807) is 0 Å². The first kappa shape index (κ1) is 20.9. The summed E-state index contributed by atoms with van der Waals surface area (Å²) in [5.74, 6) is 0.766. The highest BCUT2D eigenvalue weighted by Crippen LogP contribution is 2.48. The summed E-state index contributed by atoms with van der Waals surface area (Å²) in [6, 6.07) is 6.53. The summed E-state index contributed by atoms with van der Waals surface area (Å²) >= 11 is 8.14. The van der Waals surface area contributed by atoms with Gasteiger partial charge in [-0.1, -0.05) is 24.6 Å². The summed E-state index contributed by atoms with van der Waals surface area (Å²) < 4.78 is 11.0. The quantitative estimate of drug-likeness (QED) is 0.674. The molecule has 8 heteroatoms. The topological polar surface area (TPSA) is 58.5 Å². The third-order valence-electron chi connectivity index (χ3n) is 6.04. The number of aromatic nitrogens is 2. The molecule has 2 aromatic rings. The van der Waals surface area contributed by atoms with Crippen LogP contribution in [0.3, 0.4) is 0 Å². The molecule has 0 saturated carbocycles. The SMILES string of the molecule is CCN(CCO)Cc1nc(C2=C[N+](C)(C3CCOCC3)c3c(Cl)cccc32)ns1. The van der Waals surface area contributed by atoms with Gasteiger partial charge in [-0.05, 0) is 30.2 Å². The highest BCUT2D eigenvalue weighted by Gasteiger charge is 2.44. The molecule has 4 rings (SSSR count). The summed E-state index contributed by atoms with van der Waals surface area (Å²) in [6.45, 7) is 6.04. The maximum Gasteiger partial charge on any atom is 0.179 e. The van der Waals surface area contributed by atoms with E-state index in [1.807, 2.05) is 12.1 Å². The number of aliphatic hydroxyl groups is 1. The lowest BCUT2D eigenvalue weighted by molar-refractivity contribution is 0.0575. The number of nitrogens with zero attached hydrogens (tertiary/aromatic N) is 4. The van der Waals surface area contributed by atoms with Gasteiger partial charge < -0.3 is 9.84 Å². The van der Waals surface area contributed by atoms with Gasteiger partial charge in [0.05, 0.1) is 44.5 Å². The highest BCUT2D eigenvalue weighted by molar-refractivity contribution is 7.05. The Morgan fingerprint density at radius 3 is 2.86 bits per heavy atom. The number of aliphatic hydroxyl groups excluding tert-OH is 1. The standard InChI is InChI=1S/C21H28ClN4O2S/c1-3-25(9-10-27)13-19-23-21(24-29-19)17-14-26(2,15-7-11-28-12-8-15)20-16(17)5-4-6-18(20)22/h4-6,14-15,27H,3,7-13H2,1-2H3/q+1. The van der Waals surface area contributed by atoms with Gasteiger partial charge in [-0.25, -0.2) is 4.98 Å². The summed E-state index contributed by atoms with van der Waals surface area (Å²) in [5, 5.41) is 11.0. The molecule has 1 saturated heterocycles. The summed E-state index contributed by atoms with van der Waals surface area (Å²) in [6.07, 6.45) is 4.30. The van der Waals surface area contributed by atoms with Crippen molar-refractivity contribution in [2.45, 2.75) is 32.4 Å². The van der Waals surface area contributed by atoms with E-state index in [1.165, 1.54) is 11.5 Å². The number of halogens is 1. The maximum atomic E-state index is 9.23. The lowest BCUT2D eigenvalue weighted by Gasteiger charge is -2.38. The van der Waals surface area contributed by atoms with Crippen molar-refractivity contribution in [1.82, 2.24) is 18.7 Å². The molecule has 1 fully saturated rings. The van der Waals surface area contributed by atoms with Gasteiger partial charge >= 0.3 is 0 Å². The van der Waals surface area contributed by atoms with Gasteiger partial charge in [0.1, 0.15) is 22.3 Å². The number of para-hydroxylation sites is 1. The molecule has 0 bridgehead atoms. The lowest BCUT2D eigenvalue weighted by atomic mass is 10.0. The fourth-order valence-corrected chi connectivity index (χ4v) is 5.48. The molecule has 1 aromatic heterocycles. The van der Waals surface area contributed by atoms with Gasteiger partial charge in [0, 0.05) is 19.4 Å². The first-order valence-corrected chi connectivity index (χ1v) is 11.3. The monoisotopic (exact) mass is 435 g/mol. The number of benzene rings is 1. The number of hydrogen-bond acceptors (Lipinski definition) is 6. The second kappa shape index (κ2) is 8.79. The Bertz CT molecular complexity index is 897. The first-order chi connectivity index (χ1) is 14.1. The molecule has 1 unspecified atom stereocenters. The number of fused-ring (bicyclic) bond motifs is 1. The Labute approximate surface area is 181 Å². The van der Waals surface area contributed by atoms with E-state index in [-0.39, 0.29) is 6.61 Å². The average Bonchev–Trinajstić information content (AvgIpc) is 3.32. The minimum Gasteiger partial charge on any atom is -0.395 e. The van der Waals surface area contributed by atoms with Crippen molar-refractivity contribution < 1.29 is 9.84 Å². The number of quaternary nitrogens is 1. The number of likely N-dealkylation sites (N-methyl/N-ethyl adjacent to an activating group) is 1. The predicted molar refractivity (Wildman–Crippen MR) is 118 cm³/mol. The van der Waals surface area contributed by atoms with Crippen LogP contribution in [0.1, 0.15) is 36.2 Å². The van der Waals surface area contributed by atoms with E-state index < -0.39 is 0 Å². The highest BCUT2D eigenvalue weighted by atomic mass is 35.5. The molecule has 1 N–H and O–H groups in total. The van der Waals surface area contributed by atoms with E-state index in [0.29, 0.717) is 23.6 Å². The Morgan fingerprint density at radius 1 is 1.34 bits per heavy atom. The van der Waals surface area contributed by atoms with Crippen molar-refractivity contribution in [3.8, 4) is 0 Å². The van der Waals surface area contributed by atoms with Crippen LogP contribution in [0.5, 0.6) is 0 Å². The van der Waals surface area contributed by atoms with Crippen LogP contribution in [0.4, 0.5) is 5.69 Å². The largest absolute Gasteiger partial charge is 0.395 e. The summed E-state index contributed by atoms with van der Waals surface area (Å²) in [4.78, 5) is 7.01. The zero-order valence-electron chi connectivity index (χ0n) is 17.0.